The minimum atomic E-state index is -0.428. The standard InChI is InChI=1S/C20H19FN2O3/c1-14-7-9-15(10-8-14)25-12-11-23(2)20(24)18-13-19(26-22-18)16-5-3-4-6-17(16)21/h3-10,13H,11-12H2,1-2H3. The van der Waals surface area contributed by atoms with Gasteiger partial charge in [-0.2, -0.15) is 0 Å². The molecule has 0 aliphatic heterocycles. The molecule has 3 rings (SSSR count). The van der Waals surface area contributed by atoms with E-state index in [1.165, 1.54) is 17.0 Å². The summed E-state index contributed by atoms with van der Waals surface area (Å²) in [5, 5.41) is 3.76. The van der Waals surface area contributed by atoms with Crippen LogP contribution in [-0.2, 0) is 0 Å². The highest BCUT2D eigenvalue weighted by atomic mass is 19.1. The van der Waals surface area contributed by atoms with Crippen molar-refractivity contribution in [3.8, 4) is 17.1 Å². The topological polar surface area (TPSA) is 55.6 Å². The summed E-state index contributed by atoms with van der Waals surface area (Å²) >= 11 is 0. The quantitative estimate of drug-likeness (QED) is 0.673. The number of hydrogen-bond acceptors (Lipinski definition) is 4. The Morgan fingerprint density at radius 2 is 1.92 bits per heavy atom. The van der Waals surface area contributed by atoms with Crippen molar-refractivity contribution >= 4 is 5.91 Å². The van der Waals surface area contributed by atoms with Crippen molar-refractivity contribution in [2.24, 2.45) is 0 Å². The molecule has 0 atom stereocenters. The summed E-state index contributed by atoms with van der Waals surface area (Å²) in [6, 6.07) is 15.3. The molecule has 0 radical (unpaired) electrons. The molecule has 0 unspecified atom stereocenters. The molecule has 0 aliphatic carbocycles. The highest BCUT2D eigenvalue weighted by Gasteiger charge is 2.18. The molecule has 3 aromatic rings. The average Bonchev–Trinajstić information content (AvgIpc) is 3.13. The number of carbonyl (C=O) groups is 1. The first-order valence-electron chi connectivity index (χ1n) is 8.21. The number of halogens is 1. The fourth-order valence-electron chi connectivity index (χ4n) is 2.40. The van der Waals surface area contributed by atoms with Gasteiger partial charge in [0.2, 0.25) is 0 Å². The lowest BCUT2D eigenvalue weighted by Gasteiger charge is -2.16. The first-order chi connectivity index (χ1) is 12.5. The molecule has 0 spiro atoms. The summed E-state index contributed by atoms with van der Waals surface area (Å²) in [6.45, 7) is 2.74. The van der Waals surface area contributed by atoms with Gasteiger partial charge >= 0.3 is 0 Å². The molecule has 6 heteroatoms. The largest absolute Gasteiger partial charge is 0.492 e. The van der Waals surface area contributed by atoms with Crippen LogP contribution in [0.15, 0.2) is 59.1 Å². The van der Waals surface area contributed by atoms with E-state index in [-0.39, 0.29) is 22.9 Å². The maximum absolute atomic E-state index is 13.8. The van der Waals surface area contributed by atoms with E-state index in [0.29, 0.717) is 13.2 Å². The van der Waals surface area contributed by atoms with Crippen molar-refractivity contribution in [3.05, 3.63) is 71.7 Å². The lowest BCUT2D eigenvalue weighted by molar-refractivity contribution is 0.0763. The summed E-state index contributed by atoms with van der Waals surface area (Å²) in [5.41, 5.74) is 1.55. The Morgan fingerprint density at radius 3 is 2.65 bits per heavy atom. The lowest BCUT2D eigenvalue weighted by atomic mass is 10.1. The predicted octanol–water partition coefficient (Wildman–Crippen LogP) is 3.94. The molecule has 0 N–H and O–H groups in total. The number of aryl methyl sites for hydroxylation is 1. The van der Waals surface area contributed by atoms with Crippen LogP contribution < -0.4 is 4.74 Å². The molecule has 2 aromatic carbocycles. The average molecular weight is 354 g/mol. The summed E-state index contributed by atoms with van der Waals surface area (Å²) in [7, 11) is 1.65. The highest BCUT2D eigenvalue weighted by molar-refractivity contribution is 5.92. The number of aromatic nitrogens is 1. The van der Waals surface area contributed by atoms with Gasteiger partial charge in [-0.05, 0) is 31.2 Å². The number of ether oxygens (including phenoxy) is 1. The molecular weight excluding hydrogens is 335 g/mol. The van der Waals surface area contributed by atoms with Gasteiger partial charge in [0.1, 0.15) is 18.2 Å². The van der Waals surface area contributed by atoms with Crippen LogP contribution in [0.3, 0.4) is 0 Å². The van der Waals surface area contributed by atoms with E-state index in [9.17, 15) is 9.18 Å². The van der Waals surface area contributed by atoms with E-state index >= 15 is 0 Å². The summed E-state index contributed by atoms with van der Waals surface area (Å²) in [4.78, 5) is 13.9. The van der Waals surface area contributed by atoms with Gasteiger partial charge in [-0.25, -0.2) is 4.39 Å². The van der Waals surface area contributed by atoms with Crippen molar-refractivity contribution < 1.29 is 18.4 Å². The fourth-order valence-corrected chi connectivity index (χ4v) is 2.40. The number of nitrogens with zero attached hydrogens (tertiary/aromatic N) is 2. The van der Waals surface area contributed by atoms with E-state index in [1.54, 1.807) is 25.2 Å². The van der Waals surface area contributed by atoms with Gasteiger partial charge in [0.25, 0.3) is 5.91 Å². The molecule has 134 valence electrons. The van der Waals surface area contributed by atoms with E-state index < -0.39 is 5.82 Å². The van der Waals surface area contributed by atoms with Gasteiger partial charge in [-0.15, -0.1) is 0 Å². The van der Waals surface area contributed by atoms with Crippen molar-refractivity contribution in [2.45, 2.75) is 6.92 Å². The molecule has 0 saturated carbocycles. The van der Waals surface area contributed by atoms with Crippen molar-refractivity contribution in [3.63, 3.8) is 0 Å². The number of hydrogen-bond donors (Lipinski definition) is 0. The highest BCUT2D eigenvalue weighted by Crippen LogP contribution is 2.23. The van der Waals surface area contributed by atoms with Crippen LogP contribution in [-0.4, -0.2) is 36.2 Å². The zero-order valence-electron chi connectivity index (χ0n) is 14.6. The second-order valence-electron chi connectivity index (χ2n) is 5.94. The monoisotopic (exact) mass is 354 g/mol. The van der Waals surface area contributed by atoms with Gasteiger partial charge in [0.15, 0.2) is 11.5 Å². The Bertz CT molecular complexity index is 890. The molecule has 1 amide bonds. The molecule has 0 saturated heterocycles. The van der Waals surface area contributed by atoms with E-state index in [1.807, 2.05) is 31.2 Å². The first-order valence-corrected chi connectivity index (χ1v) is 8.21. The molecule has 26 heavy (non-hydrogen) atoms. The third-order valence-corrected chi connectivity index (χ3v) is 3.93. The molecule has 0 bridgehead atoms. The Kier molecular flexibility index (Phi) is 5.31. The third-order valence-electron chi connectivity index (χ3n) is 3.93. The summed E-state index contributed by atoms with van der Waals surface area (Å²) in [6.07, 6.45) is 0. The van der Waals surface area contributed by atoms with Crippen molar-refractivity contribution in [1.82, 2.24) is 10.1 Å². The van der Waals surface area contributed by atoms with Gasteiger partial charge in [0, 0.05) is 13.1 Å². The number of rotatable bonds is 6. The second kappa shape index (κ2) is 7.82. The molecule has 1 heterocycles. The van der Waals surface area contributed by atoms with Crippen molar-refractivity contribution in [1.29, 1.82) is 0 Å². The van der Waals surface area contributed by atoms with Crippen LogP contribution in [0.5, 0.6) is 5.75 Å². The third kappa shape index (κ3) is 4.08. The minimum Gasteiger partial charge on any atom is -0.492 e. The zero-order chi connectivity index (χ0) is 18.5. The number of benzene rings is 2. The Balaban J connectivity index is 1.58. The fraction of sp³-hybridized carbons (Fsp3) is 0.200. The maximum Gasteiger partial charge on any atom is 0.275 e. The Morgan fingerprint density at radius 1 is 1.19 bits per heavy atom. The number of carbonyl (C=O) groups excluding carboxylic acids is 1. The van der Waals surface area contributed by atoms with Gasteiger partial charge in [-0.1, -0.05) is 35.0 Å². The van der Waals surface area contributed by atoms with Crippen LogP contribution in [0.1, 0.15) is 16.1 Å². The van der Waals surface area contributed by atoms with Crippen LogP contribution >= 0.6 is 0 Å². The Hall–Kier alpha value is -3.15. The normalized spacial score (nSPS) is 10.6. The predicted molar refractivity (Wildman–Crippen MR) is 95.5 cm³/mol. The summed E-state index contributed by atoms with van der Waals surface area (Å²) < 4.78 is 24.5. The van der Waals surface area contributed by atoms with Crippen LogP contribution in [0, 0.1) is 12.7 Å². The molecular formula is C20H19FN2O3. The second-order valence-corrected chi connectivity index (χ2v) is 5.94. The number of likely N-dealkylation sites (N-methyl/N-ethyl adjacent to an activating group) is 1. The van der Waals surface area contributed by atoms with Crippen LogP contribution in [0.2, 0.25) is 0 Å². The zero-order valence-corrected chi connectivity index (χ0v) is 14.6. The molecule has 0 fully saturated rings. The van der Waals surface area contributed by atoms with Gasteiger partial charge < -0.3 is 14.2 Å². The number of amides is 1. The smallest absolute Gasteiger partial charge is 0.275 e. The minimum absolute atomic E-state index is 0.126. The summed E-state index contributed by atoms with van der Waals surface area (Å²) in [5.74, 6) is 0.224. The van der Waals surface area contributed by atoms with Crippen LogP contribution in [0.4, 0.5) is 4.39 Å². The Labute approximate surface area is 151 Å². The van der Waals surface area contributed by atoms with Crippen molar-refractivity contribution in [2.75, 3.05) is 20.2 Å². The van der Waals surface area contributed by atoms with Gasteiger partial charge in [0.05, 0.1) is 12.1 Å². The maximum atomic E-state index is 13.8. The first kappa shape index (κ1) is 17.7. The van der Waals surface area contributed by atoms with E-state index in [0.717, 1.165) is 11.3 Å². The van der Waals surface area contributed by atoms with E-state index in [2.05, 4.69) is 5.16 Å². The lowest BCUT2D eigenvalue weighted by Crippen LogP contribution is -2.31. The molecule has 5 nitrogen and oxygen atoms in total. The molecule has 1 aromatic heterocycles. The van der Waals surface area contributed by atoms with Gasteiger partial charge in [-0.3, -0.25) is 4.79 Å². The van der Waals surface area contributed by atoms with E-state index in [4.69, 9.17) is 9.26 Å². The van der Waals surface area contributed by atoms with Crippen LogP contribution in [0.25, 0.3) is 11.3 Å². The molecule has 0 aliphatic rings. The SMILES string of the molecule is Cc1ccc(OCCN(C)C(=O)c2cc(-c3ccccc3F)on2)cc1.